The second kappa shape index (κ2) is 4.55. The Kier molecular flexibility index (Phi) is 2.93. The molecule has 0 aromatic heterocycles. The summed E-state index contributed by atoms with van der Waals surface area (Å²) < 4.78 is 0. The monoisotopic (exact) mass is 207 g/mol. The highest BCUT2D eigenvalue weighted by atomic mass is 15.1. The van der Waals surface area contributed by atoms with Crippen LogP contribution in [0.4, 0.5) is 5.69 Å². The van der Waals surface area contributed by atoms with Gasteiger partial charge in [0.15, 0.2) is 0 Å². The van der Waals surface area contributed by atoms with Crippen molar-refractivity contribution in [3.8, 4) is 23.6 Å². The smallest absolute Gasteiger partial charge is 0.0485 e. The van der Waals surface area contributed by atoms with Gasteiger partial charge in [-0.15, -0.1) is 0 Å². The molecular weight excluding hydrogens is 194 g/mol. The predicted octanol–water partition coefficient (Wildman–Crippen LogP) is 3.38. The van der Waals surface area contributed by atoms with Gasteiger partial charge in [-0.2, -0.15) is 0 Å². The molecule has 1 heteroatoms. The largest absolute Gasteiger partial charge is 0.305 e. The summed E-state index contributed by atoms with van der Waals surface area (Å²) in [5.74, 6) is 0. The fourth-order valence-electron chi connectivity index (χ4n) is 1.39. The molecule has 1 aromatic carbocycles. The van der Waals surface area contributed by atoms with Crippen LogP contribution in [0.3, 0.4) is 0 Å². The highest BCUT2D eigenvalue weighted by molar-refractivity contribution is 5.75. The van der Waals surface area contributed by atoms with Gasteiger partial charge in [0.25, 0.3) is 0 Å². The molecule has 1 nitrogen and oxygen atoms in total. The average molecular weight is 207 g/mol. The van der Waals surface area contributed by atoms with E-state index in [1.165, 1.54) is 11.1 Å². The van der Waals surface area contributed by atoms with Gasteiger partial charge in [-0.05, 0) is 23.3 Å². The van der Waals surface area contributed by atoms with Crippen molar-refractivity contribution in [3.05, 3.63) is 54.6 Å². The lowest BCUT2D eigenvalue weighted by atomic mass is 9.95. The molecule has 0 aliphatic heterocycles. The van der Waals surface area contributed by atoms with Crippen molar-refractivity contribution in [2.24, 2.45) is 0 Å². The van der Waals surface area contributed by atoms with Crippen LogP contribution in [-0.4, -0.2) is 7.05 Å². The lowest BCUT2D eigenvalue weighted by Crippen LogP contribution is -2.06. The standard InChI is InChI=1S/C9H9N.C6H4/c1-3-10(2)9-7-5-4-6-8-9;1-2-6-4-3-5(1)6/h1,4-8H,2H3;1-4H. The lowest BCUT2D eigenvalue weighted by molar-refractivity contribution is 1.25. The van der Waals surface area contributed by atoms with E-state index in [-0.39, 0.29) is 0 Å². The zero-order chi connectivity index (χ0) is 11.4. The minimum atomic E-state index is 1.05. The molecule has 2 aliphatic rings. The van der Waals surface area contributed by atoms with E-state index in [0.717, 1.165) is 5.69 Å². The number of hydrogen-bond donors (Lipinski definition) is 0. The van der Waals surface area contributed by atoms with Crippen LogP contribution < -0.4 is 4.90 Å². The van der Waals surface area contributed by atoms with Gasteiger partial charge in [-0.25, -0.2) is 0 Å². The fourth-order valence-corrected chi connectivity index (χ4v) is 1.39. The second-order valence-electron chi connectivity index (χ2n) is 3.60. The van der Waals surface area contributed by atoms with Crippen LogP contribution in [-0.2, 0) is 0 Å². The minimum absolute atomic E-state index is 1.05. The van der Waals surface area contributed by atoms with Gasteiger partial charge >= 0.3 is 0 Å². The van der Waals surface area contributed by atoms with Gasteiger partial charge in [0.1, 0.15) is 0 Å². The number of hydrogen-bond acceptors (Lipinski definition) is 1. The third-order valence-corrected chi connectivity index (χ3v) is 2.56. The highest BCUT2D eigenvalue weighted by Crippen LogP contribution is 2.29. The van der Waals surface area contributed by atoms with Crippen LogP contribution in [0.2, 0.25) is 0 Å². The topological polar surface area (TPSA) is 3.24 Å². The Morgan fingerprint density at radius 2 is 1.38 bits per heavy atom. The molecule has 16 heavy (non-hydrogen) atoms. The molecule has 0 atom stereocenters. The van der Waals surface area contributed by atoms with Crippen molar-refractivity contribution in [2.45, 2.75) is 0 Å². The Morgan fingerprint density at radius 3 is 1.69 bits per heavy atom. The van der Waals surface area contributed by atoms with Crippen molar-refractivity contribution in [2.75, 3.05) is 11.9 Å². The number of benzene rings is 2. The molecule has 0 saturated carbocycles. The number of fused-ring (bicyclic) bond motifs is 1. The zero-order valence-electron chi connectivity index (χ0n) is 9.22. The van der Waals surface area contributed by atoms with Crippen molar-refractivity contribution in [1.82, 2.24) is 0 Å². The molecular formula is C15H13N. The van der Waals surface area contributed by atoms with Crippen LogP contribution in [0.1, 0.15) is 0 Å². The summed E-state index contributed by atoms with van der Waals surface area (Å²) in [6.45, 7) is 0. The maximum absolute atomic E-state index is 5.18. The maximum atomic E-state index is 5.18. The highest BCUT2D eigenvalue weighted by Gasteiger charge is 2.03. The number of para-hydroxylation sites is 1. The first-order valence-corrected chi connectivity index (χ1v) is 5.17. The molecule has 0 N–H and O–H groups in total. The van der Waals surface area contributed by atoms with Gasteiger partial charge in [0.05, 0.1) is 0 Å². The first-order chi connectivity index (χ1) is 7.81. The minimum Gasteiger partial charge on any atom is -0.305 e. The molecule has 0 spiro atoms. The molecule has 0 bridgehead atoms. The normalized spacial score (nSPS) is 9.50. The van der Waals surface area contributed by atoms with Crippen LogP contribution in [0.25, 0.3) is 11.1 Å². The number of anilines is 1. The Hall–Kier alpha value is -2.20. The Balaban J connectivity index is 0.000000134. The number of rotatable bonds is 1. The quantitative estimate of drug-likeness (QED) is 0.437. The first-order valence-electron chi connectivity index (χ1n) is 5.17. The van der Waals surface area contributed by atoms with Gasteiger partial charge < -0.3 is 4.90 Å². The zero-order valence-corrected chi connectivity index (χ0v) is 9.22. The third-order valence-electron chi connectivity index (χ3n) is 2.56. The van der Waals surface area contributed by atoms with Gasteiger partial charge in [-0.3, -0.25) is 0 Å². The van der Waals surface area contributed by atoms with E-state index < -0.39 is 0 Å². The predicted molar refractivity (Wildman–Crippen MR) is 69.1 cm³/mol. The van der Waals surface area contributed by atoms with Crippen molar-refractivity contribution >= 4 is 5.69 Å². The summed E-state index contributed by atoms with van der Waals surface area (Å²) in [6.07, 6.45) is 5.18. The average Bonchev–Trinajstić information content (AvgIpc) is 2.34. The van der Waals surface area contributed by atoms with Crippen LogP contribution in [0.15, 0.2) is 54.6 Å². The van der Waals surface area contributed by atoms with Crippen molar-refractivity contribution in [1.29, 1.82) is 0 Å². The third kappa shape index (κ3) is 2.07. The van der Waals surface area contributed by atoms with E-state index in [9.17, 15) is 0 Å². The second-order valence-corrected chi connectivity index (χ2v) is 3.60. The summed E-state index contributed by atoms with van der Waals surface area (Å²) in [5, 5.41) is 0. The summed E-state index contributed by atoms with van der Waals surface area (Å²) in [7, 11) is 1.86. The molecule has 2 aliphatic carbocycles. The first kappa shape index (κ1) is 10.3. The molecule has 0 amide bonds. The Morgan fingerprint density at radius 1 is 0.875 bits per heavy atom. The molecule has 0 fully saturated rings. The van der Waals surface area contributed by atoms with E-state index >= 15 is 0 Å². The maximum Gasteiger partial charge on any atom is 0.0485 e. The molecule has 78 valence electrons. The van der Waals surface area contributed by atoms with Gasteiger partial charge in [0, 0.05) is 18.8 Å². The lowest BCUT2D eigenvalue weighted by Gasteiger charge is -2.10. The van der Waals surface area contributed by atoms with E-state index in [0.29, 0.717) is 0 Å². The Labute approximate surface area is 96.3 Å². The van der Waals surface area contributed by atoms with E-state index in [1.807, 2.05) is 37.4 Å². The SMILES string of the molecule is C#CN(C)c1ccccc1.c1cc2ccc1-2. The van der Waals surface area contributed by atoms with Crippen LogP contribution in [0, 0.1) is 12.5 Å². The van der Waals surface area contributed by atoms with Crippen molar-refractivity contribution in [3.63, 3.8) is 0 Å². The summed E-state index contributed by atoms with van der Waals surface area (Å²) in [5.41, 5.74) is 3.90. The number of nitrogens with zero attached hydrogens (tertiary/aromatic N) is 1. The van der Waals surface area contributed by atoms with Crippen molar-refractivity contribution < 1.29 is 0 Å². The molecule has 0 unspecified atom stereocenters. The molecule has 0 heterocycles. The summed E-state index contributed by atoms with van der Waals surface area (Å²) in [4.78, 5) is 1.74. The summed E-state index contributed by atoms with van der Waals surface area (Å²) >= 11 is 0. The van der Waals surface area contributed by atoms with Crippen LogP contribution >= 0.6 is 0 Å². The molecule has 0 radical (unpaired) electrons. The molecule has 1 aromatic rings. The fraction of sp³-hybridized carbons (Fsp3) is 0.0667. The van der Waals surface area contributed by atoms with Gasteiger partial charge in [0.2, 0.25) is 0 Å². The van der Waals surface area contributed by atoms with Crippen LogP contribution in [0.5, 0.6) is 0 Å². The van der Waals surface area contributed by atoms with E-state index in [4.69, 9.17) is 6.42 Å². The van der Waals surface area contributed by atoms with E-state index in [1.54, 1.807) is 4.90 Å². The molecule has 0 saturated heterocycles. The van der Waals surface area contributed by atoms with Gasteiger partial charge in [-0.1, -0.05) is 48.9 Å². The summed E-state index contributed by atoms with van der Waals surface area (Å²) in [6, 6.07) is 20.8. The molecule has 3 rings (SSSR count). The Bertz CT molecular complexity index is 470. The number of terminal acetylenes is 1. The van der Waals surface area contributed by atoms with E-state index in [2.05, 4.69) is 30.3 Å².